The van der Waals surface area contributed by atoms with Crippen molar-refractivity contribution in [2.75, 3.05) is 11.5 Å². The monoisotopic (exact) mass is 482 g/mol. The van der Waals surface area contributed by atoms with Gasteiger partial charge in [-0.15, -0.1) is 0 Å². The molecule has 0 spiro atoms. The number of ether oxygens (including phenoxy) is 1. The van der Waals surface area contributed by atoms with Crippen molar-refractivity contribution < 1.29 is 14.0 Å². The van der Waals surface area contributed by atoms with Crippen LogP contribution in [0.25, 0.3) is 0 Å². The molecule has 0 aliphatic heterocycles. The summed E-state index contributed by atoms with van der Waals surface area (Å²) in [6, 6.07) is 21.0. The molecule has 2 aromatic carbocycles. The Morgan fingerprint density at radius 2 is 1.46 bits per heavy atom. The van der Waals surface area contributed by atoms with Crippen LogP contribution in [0.4, 0.5) is 0 Å². The number of rotatable bonds is 7. The molecule has 0 saturated heterocycles. The van der Waals surface area contributed by atoms with Gasteiger partial charge in [0.25, 0.3) is 8.32 Å². The lowest BCUT2D eigenvalue weighted by Crippen LogP contribution is -2.68. The molecule has 0 aliphatic rings. The summed E-state index contributed by atoms with van der Waals surface area (Å²) in [5, 5.41) is 2.34. The Kier molecular flexibility index (Phi) is 7.43. The largest absolute Gasteiger partial charge is 0.469 e. The minimum atomic E-state index is -2.63. The third-order valence-corrected chi connectivity index (χ3v) is 10.6. The van der Waals surface area contributed by atoms with Gasteiger partial charge in [0.1, 0.15) is 0 Å². The van der Waals surface area contributed by atoms with Crippen LogP contribution in [0.5, 0.6) is 0 Å². The van der Waals surface area contributed by atoms with E-state index in [0.717, 1.165) is 4.43 Å². The summed E-state index contributed by atoms with van der Waals surface area (Å²) in [4.78, 5) is 11.9. The van der Waals surface area contributed by atoms with Crippen LogP contribution < -0.4 is 10.4 Å². The molecule has 0 N–H and O–H groups in total. The predicted molar refractivity (Wildman–Crippen MR) is 118 cm³/mol. The van der Waals surface area contributed by atoms with Crippen LogP contribution in [0.3, 0.4) is 0 Å². The van der Waals surface area contributed by atoms with Crippen molar-refractivity contribution in [3.63, 3.8) is 0 Å². The van der Waals surface area contributed by atoms with Crippen LogP contribution in [0.2, 0.25) is 5.04 Å². The van der Waals surface area contributed by atoms with E-state index < -0.39 is 8.32 Å². The topological polar surface area (TPSA) is 35.5 Å². The summed E-state index contributed by atoms with van der Waals surface area (Å²) in [5.74, 6) is -0.232. The van der Waals surface area contributed by atoms with Crippen molar-refractivity contribution in [1.82, 2.24) is 0 Å². The van der Waals surface area contributed by atoms with E-state index in [9.17, 15) is 4.79 Å². The first-order chi connectivity index (χ1) is 12.3. The van der Waals surface area contributed by atoms with Crippen LogP contribution in [-0.4, -0.2) is 31.9 Å². The lowest BCUT2D eigenvalue weighted by Gasteiger charge is -2.44. The predicted octanol–water partition coefficient (Wildman–Crippen LogP) is 3.93. The number of esters is 1. The third kappa shape index (κ3) is 4.56. The number of carbonyl (C=O) groups excluding carboxylic acids is 1. The molecule has 2 rings (SSSR count). The van der Waals surface area contributed by atoms with E-state index in [2.05, 4.69) is 91.9 Å². The van der Waals surface area contributed by atoms with Crippen molar-refractivity contribution in [1.29, 1.82) is 0 Å². The highest BCUT2D eigenvalue weighted by molar-refractivity contribution is 14.1. The molecule has 0 saturated carbocycles. The number of hydrogen-bond acceptors (Lipinski definition) is 3. The highest BCUT2D eigenvalue weighted by Crippen LogP contribution is 2.38. The lowest BCUT2D eigenvalue weighted by molar-refractivity contribution is -0.142. The van der Waals surface area contributed by atoms with Gasteiger partial charge in [0.05, 0.1) is 19.6 Å². The maximum absolute atomic E-state index is 11.9. The zero-order valence-electron chi connectivity index (χ0n) is 15.9. The molecule has 140 valence electrons. The van der Waals surface area contributed by atoms with E-state index in [-0.39, 0.29) is 23.5 Å². The number of carbonyl (C=O) groups is 1. The SMILES string of the molecule is COC(=O)C[C@@H](CI)O[Si](c1ccccc1)(c1ccccc1)C(C)(C)C. The zero-order chi connectivity index (χ0) is 19.2. The van der Waals surface area contributed by atoms with Gasteiger partial charge in [0.15, 0.2) is 0 Å². The Hall–Kier alpha value is -1.18. The van der Waals surface area contributed by atoms with Gasteiger partial charge in [-0.3, -0.25) is 4.79 Å². The van der Waals surface area contributed by atoms with Crippen LogP contribution in [0, 0.1) is 0 Å². The van der Waals surface area contributed by atoms with E-state index >= 15 is 0 Å². The summed E-state index contributed by atoms with van der Waals surface area (Å²) >= 11 is 2.30. The molecule has 2 aromatic rings. The standard InChI is InChI=1S/C21H27IO3Si/c1-21(2,3)26(18-11-7-5-8-12-18,19-13-9-6-10-14-19)25-17(16-22)15-20(23)24-4/h5-14,17H,15-16H2,1-4H3/t17-/m0/s1. The Labute approximate surface area is 171 Å². The smallest absolute Gasteiger partial charge is 0.308 e. The average Bonchev–Trinajstić information content (AvgIpc) is 2.65. The summed E-state index contributed by atoms with van der Waals surface area (Å²) in [7, 11) is -1.20. The van der Waals surface area contributed by atoms with Gasteiger partial charge >= 0.3 is 5.97 Å². The molecular formula is C21H27IO3Si. The van der Waals surface area contributed by atoms with Gasteiger partial charge in [-0.05, 0) is 15.4 Å². The number of halogens is 1. The van der Waals surface area contributed by atoms with Crippen LogP contribution in [0.1, 0.15) is 27.2 Å². The molecule has 0 fully saturated rings. The molecule has 0 amide bonds. The van der Waals surface area contributed by atoms with E-state index in [1.807, 2.05) is 12.1 Å². The number of alkyl halides is 1. The molecule has 0 bridgehead atoms. The van der Waals surface area contributed by atoms with E-state index in [1.165, 1.54) is 17.5 Å². The Bertz CT molecular complexity index is 659. The molecule has 0 unspecified atom stereocenters. The quantitative estimate of drug-likeness (QED) is 0.260. The van der Waals surface area contributed by atoms with Crippen LogP contribution in [0.15, 0.2) is 60.7 Å². The van der Waals surface area contributed by atoms with Gasteiger partial charge in [-0.2, -0.15) is 0 Å². The first kappa shape index (κ1) is 21.1. The average molecular weight is 482 g/mol. The summed E-state index contributed by atoms with van der Waals surface area (Å²) < 4.78 is 12.5. The van der Waals surface area contributed by atoms with Crippen molar-refractivity contribution >= 4 is 47.3 Å². The second-order valence-electron chi connectivity index (χ2n) is 7.34. The zero-order valence-corrected chi connectivity index (χ0v) is 19.0. The number of methoxy groups -OCH3 is 1. The Morgan fingerprint density at radius 1 is 1.00 bits per heavy atom. The Balaban J connectivity index is 2.62. The maximum Gasteiger partial charge on any atom is 0.308 e. The van der Waals surface area contributed by atoms with Crippen molar-refractivity contribution in [3.05, 3.63) is 60.7 Å². The van der Waals surface area contributed by atoms with Gasteiger partial charge in [-0.25, -0.2) is 0 Å². The minimum Gasteiger partial charge on any atom is -0.469 e. The number of hydrogen-bond donors (Lipinski definition) is 0. The van der Waals surface area contributed by atoms with Crippen LogP contribution >= 0.6 is 22.6 Å². The van der Waals surface area contributed by atoms with E-state index in [4.69, 9.17) is 9.16 Å². The van der Waals surface area contributed by atoms with Gasteiger partial charge in [-0.1, -0.05) is 104 Å². The molecule has 26 heavy (non-hydrogen) atoms. The first-order valence-corrected chi connectivity index (χ1v) is 12.2. The summed E-state index contributed by atoms with van der Waals surface area (Å²) in [6.07, 6.45) is 0.0820. The fourth-order valence-corrected chi connectivity index (χ4v) is 8.85. The fraction of sp³-hybridized carbons (Fsp3) is 0.381. The molecule has 0 aromatic heterocycles. The van der Waals surface area contributed by atoms with E-state index in [0.29, 0.717) is 0 Å². The summed E-state index contributed by atoms with van der Waals surface area (Å²) in [5.41, 5.74) is 0. The van der Waals surface area contributed by atoms with Gasteiger partial charge in [0, 0.05) is 4.43 Å². The van der Waals surface area contributed by atoms with Gasteiger partial charge in [0.2, 0.25) is 0 Å². The highest BCUT2D eigenvalue weighted by atomic mass is 127. The van der Waals surface area contributed by atoms with Gasteiger partial charge < -0.3 is 9.16 Å². The normalized spacial score (nSPS) is 13.3. The summed E-state index contributed by atoms with van der Waals surface area (Å²) in [6.45, 7) is 6.71. The second kappa shape index (κ2) is 9.15. The molecule has 0 aliphatic carbocycles. The van der Waals surface area contributed by atoms with Crippen molar-refractivity contribution in [2.24, 2.45) is 0 Å². The van der Waals surface area contributed by atoms with Crippen LogP contribution in [-0.2, 0) is 14.0 Å². The highest BCUT2D eigenvalue weighted by Gasteiger charge is 2.51. The maximum atomic E-state index is 11.9. The van der Waals surface area contributed by atoms with Crippen molar-refractivity contribution in [2.45, 2.75) is 38.3 Å². The molecular weight excluding hydrogens is 455 g/mol. The lowest BCUT2D eigenvalue weighted by atomic mass is 10.2. The first-order valence-electron chi connectivity index (χ1n) is 8.77. The second-order valence-corrected chi connectivity index (χ2v) is 12.5. The molecule has 1 atom stereocenters. The Morgan fingerprint density at radius 3 is 1.81 bits per heavy atom. The third-order valence-electron chi connectivity index (χ3n) is 4.55. The molecule has 5 heteroatoms. The molecule has 0 heterocycles. The number of benzene rings is 2. The van der Waals surface area contributed by atoms with E-state index in [1.54, 1.807) is 0 Å². The van der Waals surface area contributed by atoms with Crippen molar-refractivity contribution in [3.8, 4) is 0 Å². The fourth-order valence-electron chi connectivity index (χ4n) is 3.34. The molecule has 3 nitrogen and oxygen atoms in total. The molecule has 0 radical (unpaired) electrons. The minimum absolute atomic E-state index is 0.101.